The van der Waals surface area contributed by atoms with E-state index in [4.69, 9.17) is 15.6 Å². The highest BCUT2D eigenvalue weighted by atomic mass is 16.5. The number of rotatable bonds is 4. The number of aliphatic hydroxyl groups is 2. The van der Waals surface area contributed by atoms with Crippen LogP contribution in [0.3, 0.4) is 0 Å². The van der Waals surface area contributed by atoms with E-state index in [1.165, 1.54) is 7.11 Å². The molecule has 0 radical (unpaired) electrons. The molecule has 0 bridgehead atoms. The molecule has 14 heavy (non-hydrogen) atoms. The summed E-state index contributed by atoms with van der Waals surface area (Å²) in [6, 6.07) is 4.27. The second kappa shape index (κ2) is 4.90. The Hall–Kier alpha value is -1.17. The van der Waals surface area contributed by atoms with Crippen LogP contribution in [0.15, 0.2) is 18.2 Å². The maximum atomic E-state index is 9.61. The minimum atomic E-state index is -0.977. The van der Waals surface area contributed by atoms with Crippen molar-refractivity contribution in [3.05, 3.63) is 23.9 Å². The summed E-state index contributed by atoms with van der Waals surface area (Å²) >= 11 is 0. The van der Waals surface area contributed by atoms with Crippen LogP contribution in [0.5, 0.6) is 5.88 Å². The van der Waals surface area contributed by atoms with Gasteiger partial charge in [-0.15, -0.1) is 0 Å². The molecule has 1 heterocycles. The zero-order valence-corrected chi connectivity index (χ0v) is 7.92. The first-order valence-corrected chi connectivity index (χ1v) is 4.24. The minimum Gasteiger partial charge on any atom is -0.481 e. The Morgan fingerprint density at radius 3 is 2.86 bits per heavy atom. The fourth-order valence-corrected chi connectivity index (χ4v) is 1.03. The molecule has 0 spiro atoms. The Bertz CT molecular complexity index is 293. The van der Waals surface area contributed by atoms with Crippen molar-refractivity contribution in [1.82, 2.24) is 4.98 Å². The maximum Gasteiger partial charge on any atom is 0.213 e. The van der Waals surface area contributed by atoms with Crippen LogP contribution in [-0.4, -0.2) is 35.0 Å². The standard InChI is InChI=1S/C9H14N2O3/c1-14-8-4-2-3-7(11-8)9(13)6(10)5-12/h2-4,6,9,12-13H,5,10H2,1H3. The number of pyridine rings is 1. The molecule has 1 aromatic heterocycles. The van der Waals surface area contributed by atoms with E-state index in [1.807, 2.05) is 0 Å². The molecule has 0 aliphatic carbocycles. The van der Waals surface area contributed by atoms with Crippen molar-refractivity contribution in [2.75, 3.05) is 13.7 Å². The molecule has 0 fully saturated rings. The molecule has 0 aliphatic heterocycles. The average molecular weight is 198 g/mol. The van der Waals surface area contributed by atoms with Crippen molar-refractivity contribution >= 4 is 0 Å². The van der Waals surface area contributed by atoms with Crippen molar-refractivity contribution in [3.8, 4) is 5.88 Å². The number of methoxy groups -OCH3 is 1. The normalized spacial score (nSPS) is 14.9. The highest BCUT2D eigenvalue weighted by Crippen LogP contribution is 2.16. The Labute approximate surface area is 82.2 Å². The van der Waals surface area contributed by atoms with E-state index in [0.29, 0.717) is 11.6 Å². The third kappa shape index (κ3) is 2.41. The lowest BCUT2D eigenvalue weighted by Crippen LogP contribution is -2.32. The fourth-order valence-electron chi connectivity index (χ4n) is 1.03. The first-order valence-electron chi connectivity index (χ1n) is 4.24. The zero-order valence-electron chi connectivity index (χ0n) is 7.92. The van der Waals surface area contributed by atoms with E-state index in [9.17, 15) is 5.11 Å². The number of aliphatic hydroxyl groups excluding tert-OH is 2. The van der Waals surface area contributed by atoms with Crippen molar-refractivity contribution in [2.45, 2.75) is 12.1 Å². The van der Waals surface area contributed by atoms with E-state index in [2.05, 4.69) is 4.98 Å². The molecule has 2 atom stereocenters. The van der Waals surface area contributed by atoms with Crippen molar-refractivity contribution < 1.29 is 14.9 Å². The molecular weight excluding hydrogens is 184 g/mol. The summed E-state index contributed by atoms with van der Waals surface area (Å²) in [7, 11) is 1.49. The number of aromatic nitrogens is 1. The summed E-state index contributed by atoms with van der Waals surface area (Å²) in [4.78, 5) is 4.00. The zero-order chi connectivity index (χ0) is 10.6. The van der Waals surface area contributed by atoms with Gasteiger partial charge in [-0.2, -0.15) is 0 Å². The van der Waals surface area contributed by atoms with Gasteiger partial charge < -0.3 is 20.7 Å². The molecule has 0 saturated heterocycles. The van der Waals surface area contributed by atoms with Crippen LogP contribution in [0.4, 0.5) is 0 Å². The summed E-state index contributed by atoms with van der Waals surface area (Å²) in [6.07, 6.45) is -0.977. The molecule has 1 aromatic rings. The van der Waals surface area contributed by atoms with E-state index < -0.39 is 12.1 Å². The third-order valence-electron chi connectivity index (χ3n) is 1.87. The monoisotopic (exact) mass is 198 g/mol. The minimum absolute atomic E-state index is 0.292. The lowest BCUT2D eigenvalue weighted by Gasteiger charge is -2.16. The summed E-state index contributed by atoms with van der Waals surface area (Å²) in [5.74, 6) is 0.409. The average Bonchev–Trinajstić information content (AvgIpc) is 2.27. The topological polar surface area (TPSA) is 88.6 Å². The summed E-state index contributed by atoms with van der Waals surface area (Å²) < 4.78 is 4.89. The van der Waals surface area contributed by atoms with Crippen LogP contribution in [0, 0.1) is 0 Å². The number of nitrogens with two attached hydrogens (primary N) is 1. The highest BCUT2D eigenvalue weighted by Gasteiger charge is 2.17. The van der Waals surface area contributed by atoms with E-state index in [1.54, 1.807) is 18.2 Å². The molecule has 4 N–H and O–H groups in total. The van der Waals surface area contributed by atoms with Gasteiger partial charge in [0.15, 0.2) is 0 Å². The largest absolute Gasteiger partial charge is 0.481 e. The molecule has 0 aromatic carbocycles. The maximum absolute atomic E-state index is 9.61. The SMILES string of the molecule is COc1cccc(C(O)C(N)CO)n1. The third-order valence-corrected chi connectivity index (χ3v) is 1.87. The summed E-state index contributed by atoms with van der Waals surface area (Å²) in [5.41, 5.74) is 5.85. The molecule has 5 nitrogen and oxygen atoms in total. The number of hydrogen-bond donors (Lipinski definition) is 3. The van der Waals surface area contributed by atoms with Crippen LogP contribution in [0.2, 0.25) is 0 Å². The predicted octanol–water partition coefficient (Wildman–Crippen LogP) is -0.557. The van der Waals surface area contributed by atoms with Crippen LogP contribution in [-0.2, 0) is 0 Å². The first kappa shape index (κ1) is 10.9. The van der Waals surface area contributed by atoms with Gasteiger partial charge in [-0.1, -0.05) is 6.07 Å². The molecule has 0 amide bonds. The number of nitrogens with zero attached hydrogens (tertiary/aromatic N) is 1. The van der Waals surface area contributed by atoms with Crippen molar-refractivity contribution in [1.29, 1.82) is 0 Å². The molecule has 78 valence electrons. The van der Waals surface area contributed by atoms with Crippen molar-refractivity contribution in [3.63, 3.8) is 0 Å². The molecule has 5 heteroatoms. The van der Waals surface area contributed by atoms with Crippen LogP contribution >= 0.6 is 0 Å². The second-order valence-corrected chi connectivity index (χ2v) is 2.90. The van der Waals surface area contributed by atoms with Crippen LogP contribution < -0.4 is 10.5 Å². The van der Waals surface area contributed by atoms with Gasteiger partial charge in [-0.3, -0.25) is 0 Å². The van der Waals surface area contributed by atoms with Gasteiger partial charge in [-0.05, 0) is 6.07 Å². The highest BCUT2D eigenvalue weighted by molar-refractivity contribution is 5.18. The lowest BCUT2D eigenvalue weighted by atomic mass is 10.1. The van der Waals surface area contributed by atoms with Gasteiger partial charge in [0.25, 0.3) is 0 Å². The van der Waals surface area contributed by atoms with Gasteiger partial charge in [-0.25, -0.2) is 4.98 Å². The van der Waals surface area contributed by atoms with E-state index >= 15 is 0 Å². The van der Waals surface area contributed by atoms with Crippen LogP contribution in [0.25, 0.3) is 0 Å². The molecule has 2 unspecified atom stereocenters. The Morgan fingerprint density at radius 2 is 2.29 bits per heavy atom. The quantitative estimate of drug-likeness (QED) is 0.603. The predicted molar refractivity (Wildman–Crippen MR) is 50.8 cm³/mol. The van der Waals surface area contributed by atoms with E-state index in [0.717, 1.165) is 0 Å². The lowest BCUT2D eigenvalue weighted by molar-refractivity contribution is 0.105. The van der Waals surface area contributed by atoms with Gasteiger partial charge >= 0.3 is 0 Å². The Balaban J connectivity index is 2.83. The Morgan fingerprint density at radius 1 is 1.57 bits per heavy atom. The Kier molecular flexibility index (Phi) is 3.82. The first-order chi connectivity index (χ1) is 6.69. The summed E-state index contributed by atoms with van der Waals surface area (Å²) in [6.45, 7) is -0.292. The van der Waals surface area contributed by atoms with E-state index in [-0.39, 0.29) is 6.61 Å². The van der Waals surface area contributed by atoms with Crippen LogP contribution in [0.1, 0.15) is 11.8 Å². The molecule has 1 rings (SSSR count). The second-order valence-electron chi connectivity index (χ2n) is 2.90. The summed E-state index contributed by atoms with van der Waals surface area (Å²) in [5, 5.41) is 18.4. The van der Waals surface area contributed by atoms with Gasteiger partial charge in [0.05, 0.1) is 25.5 Å². The molecule has 0 aliphatic rings. The van der Waals surface area contributed by atoms with Gasteiger partial charge in [0.1, 0.15) is 6.10 Å². The van der Waals surface area contributed by atoms with Gasteiger partial charge in [0, 0.05) is 6.07 Å². The molecule has 0 saturated carbocycles. The van der Waals surface area contributed by atoms with Crippen molar-refractivity contribution in [2.24, 2.45) is 5.73 Å². The molecular formula is C9H14N2O3. The van der Waals surface area contributed by atoms with Gasteiger partial charge in [0.2, 0.25) is 5.88 Å². The fraction of sp³-hybridized carbons (Fsp3) is 0.444. The number of ether oxygens (including phenoxy) is 1. The number of hydrogen-bond acceptors (Lipinski definition) is 5. The smallest absolute Gasteiger partial charge is 0.213 e.